The van der Waals surface area contributed by atoms with Crippen LogP contribution in [0.1, 0.15) is 18.4 Å². The van der Waals surface area contributed by atoms with E-state index in [2.05, 4.69) is 10.3 Å². The van der Waals surface area contributed by atoms with Crippen LogP contribution in [0.5, 0.6) is 0 Å². The number of nitrogens with one attached hydrogen (secondary N) is 1. The van der Waals surface area contributed by atoms with Gasteiger partial charge in [-0.1, -0.05) is 6.07 Å². The zero-order valence-electron chi connectivity index (χ0n) is 13.1. The number of nitrogens with zero attached hydrogens (tertiary/aromatic N) is 1. The number of methoxy groups -OCH3 is 1. The molecule has 2 atom stereocenters. The van der Waals surface area contributed by atoms with Gasteiger partial charge in [0.2, 0.25) is 0 Å². The van der Waals surface area contributed by atoms with E-state index in [1.165, 1.54) is 0 Å². The van der Waals surface area contributed by atoms with E-state index in [1.807, 2.05) is 18.3 Å². The number of hydrogen-bond acceptors (Lipinski definition) is 6. The maximum Gasteiger partial charge on any atom is 0.0806 e. The Kier molecular flexibility index (Phi) is 6.72. The third-order valence-corrected chi connectivity index (χ3v) is 4.12. The van der Waals surface area contributed by atoms with Gasteiger partial charge in [0.1, 0.15) is 0 Å². The van der Waals surface area contributed by atoms with Crippen molar-refractivity contribution < 1.29 is 19.7 Å². The molecule has 1 saturated carbocycles. The molecule has 0 saturated heterocycles. The average molecular weight is 310 g/mol. The van der Waals surface area contributed by atoms with Gasteiger partial charge in [0, 0.05) is 38.0 Å². The summed E-state index contributed by atoms with van der Waals surface area (Å²) in [7, 11) is 1.64. The van der Waals surface area contributed by atoms with Crippen molar-refractivity contribution >= 4 is 0 Å². The minimum Gasteiger partial charge on any atom is -0.390 e. The third kappa shape index (κ3) is 5.00. The van der Waals surface area contributed by atoms with Gasteiger partial charge in [-0.2, -0.15) is 0 Å². The molecule has 1 aromatic heterocycles. The van der Waals surface area contributed by atoms with Crippen molar-refractivity contribution in [3.05, 3.63) is 30.1 Å². The SMILES string of the molecule is COCCOCC1(CNCc2cccnc2)CC(O)C(O)C1. The van der Waals surface area contributed by atoms with Crippen LogP contribution in [0.3, 0.4) is 0 Å². The fraction of sp³-hybridized carbons (Fsp3) is 0.688. The van der Waals surface area contributed by atoms with Gasteiger partial charge in [-0.05, 0) is 24.5 Å². The molecule has 0 radical (unpaired) electrons. The Hall–Kier alpha value is -1.05. The highest BCUT2D eigenvalue weighted by molar-refractivity contribution is 5.08. The fourth-order valence-corrected chi connectivity index (χ4v) is 2.96. The first-order valence-electron chi connectivity index (χ1n) is 7.68. The lowest BCUT2D eigenvalue weighted by Crippen LogP contribution is -2.37. The number of aliphatic hydroxyl groups is 2. The van der Waals surface area contributed by atoms with E-state index >= 15 is 0 Å². The van der Waals surface area contributed by atoms with E-state index in [0.29, 0.717) is 45.8 Å². The topological polar surface area (TPSA) is 83.8 Å². The van der Waals surface area contributed by atoms with Gasteiger partial charge in [-0.25, -0.2) is 0 Å². The number of aromatic nitrogens is 1. The van der Waals surface area contributed by atoms with Gasteiger partial charge in [-0.15, -0.1) is 0 Å². The molecule has 6 nitrogen and oxygen atoms in total. The van der Waals surface area contributed by atoms with E-state index in [9.17, 15) is 10.2 Å². The second-order valence-electron chi connectivity index (χ2n) is 6.05. The largest absolute Gasteiger partial charge is 0.390 e. The van der Waals surface area contributed by atoms with E-state index < -0.39 is 12.2 Å². The molecule has 124 valence electrons. The molecule has 22 heavy (non-hydrogen) atoms. The standard InChI is InChI=1S/C16H26N2O4/c1-21-5-6-22-12-16(7-14(19)15(20)8-16)11-18-10-13-3-2-4-17-9-13/h2-4,9,14-15,18-20H,5-8,10-12H2,1H3. The molecule has 2 unspecified atom stereocenters. The highest BCUT2D eigenvalue weighted by Crippen LogP contribution is 2.38. The lowest BCUT2D eigenvalue weighted by Gasteiger charge is -2.29. The van der Waals surface area contributed by atoms with Crippen LogP contribution < -0.4 is 5.32 Å². The van der Waals surface area contributed by atoms with Crippen molar-refractivity contribution in [1.82, 2.24) is 10.3 Å². The van der Waals surface area contributed by atoms with Gasteiger partial charge in [0.25, 0.3) is 0 Å². The van der Waals surface area contributed by atoms with Gasteiger partial charge >= 0.3 is 0 Å². The molecular weight excluding hydrogens is 284 g/mol. The predicted octanol–water partition coefficient (Wildman–Crippen LogP) is 0.336. The Bertz CT molecular complexity index is 419. The van der Waals surface area contributed by atoms with Gasteiger partial charge in [-0.3, -0.25) is 4.98 Å². The first kappa shape index (κ1) is 17.3. The molecule has 0 spiro atoms. The van der Waals surface area contributed by atoms with Crippen LogP contribution in [-0.2, 0) is 16.0 Å². The minimum atomic E-state index is -0.675. The summed E-state index contributed by atoms with van der Waals surface area (Å²) in [6, 6.07) is 3.92. The Labute approximate surface area is 131 Å². The van der Waals surface area contributed by atoms with Gasteiger partial charge in [0.15, 0.2) is 0 Å². The van der Waals surface area contributed by atoms with E-state index in [0.717, 1.165) is 5.56 Å². The van der Waals surface area contributed by atoms with E-state index in [1.54, 1.807) is 13.3 Å². The highest BCUT2D eigenvalue weighted by Gasteiger charge is 2.44. The molecule has 0 bridgehead atoms. The summed E-state index contributed by atoms with van der Waals surface area (Å²) in [6.07, 6.45) is 3.31. The molecule has 6 heteroatoms. The zero-order valence-corrected chi connectivity index (χ0v) is 13.1. The Morgan fingerprint density at radius 1 is 1.32 bits per heavy atom. The molecule has 1 fully saturated rings. The predicted molar refractivity (Wildman–Crippen MR) is 82.3 cm³/mol. The molecule has 1 heterocycles. The lowest BCUT2D eigenvalue weighted by atomic mass is 9.86. The Morgan fingerprint density at radius 3 is 2.73 bits per heavy atom. The number of aliphatic hydroxyl groups excluding tert-OH is 2. The van der Waals surface area contributed by atoms with Crippen LogP contribution in [0.2, 0.25) is 0 Å². The smallest absolute Gasteiger partial charge is 0.0806 e. The maximum atomic E-state index is 9.88. The van der Waals surface area contributed by atoms with Crippen LogP contribution in [0.25, 0.3) is 0 Å². The summed E-state index contributed by atoms with van der Waals surface area (Å²) in [5.74, 6) is 0. The first-order valence-corrected chi connectivity index (χ1v) is 7.68. The highest BCUT2D eigenvalue weighted by atomic mass is 16.5. The van der Waals surface area contributed by atoms with Crippen molar-refractivity contribution in [2.24, 2.45) is 5.41 Å². The van der Waals surface area contributed by atoms with Crippen molar-refractivity contribution in [1.29, 1.82) is 0 Å². The number of ether oxygens (including phenoxy) is 2. The fourth-order valence-electron chi connectivity index (χ4n) is 2.96. The number of pyridine rings is 1. The molecule has 1 aliphatic carbocycles. The lowest BCUT2D eigenvalue weighted by molar-refractivity contribution is 0.0111. The molecule has 0 amide bonds. The van der Waals surface area contributed by atoms with Crippen LogP contribution in [0.15, 0.2) is 24.5 Å². The molecule has 0 aromatic carbocycles. The van der Waals surface area contributed by atoms with Gasteiger partial charge < -0.3 is 25.0 Å². The Morgan fingerprint density at radius 2 is 2.09 bits per heavy atom. The normalized spacial score (nSPS) is 28.1. The summed E-state index contributed by atoms with van der Waals surface area (Å²) in [5, 5.41) is 23.2. The summed E-state index contributed by atoms with van der Waals surface area (Å²) < 4.78 is 10.6. The molecular formula is C16H26N2O4. The van der Waals surface area contributed by atoms with Crippen molar-refractivity contribution in [2.45, 2.75) is 31.6 Å². The second kappa shape index (κ2) is 8.55. The van der Waals surface area contributed by atoms with Gasteiger partial charge in [0.05, 0.1) is 32.0 Å². The second-order valence-corrected chi connectivity index (χ2v) is 6.05. The van der Waals surface area contributed by atoms with Crippen molar-refractivity contribution in [3.8, 4) is 0 Å². The minimum absolute atomic E-state index is 0.241. The molecule has 1 aromatic rings. The molecule has 1 aliphatic rings. The van der Waals surface area contributed by atoms with Crippen LogP contribution in [0.4, 0.5) is 0 Å². The Balaban J connectivity index is 1.85. The monoisotopic (exact) mass is 310 g/mol. The van der Waals surface area contributed by atoms with Crippen LogP contribution >= 0.6 is 0 Å². The summed E-state index contributed by atoms with van der Waals surface area (Å²) in [5.41, 5.74) is 0.867. The summed E-state index contributed by atoms with van der Waals surface area (Å²) in [4.78, 5) is 4.09. The third-order valence-electron chi connectivity index (χ3n) is 4.12. The molecule has 2 rings (SSSR count). The van der Waals surface area contributed by atoms with Crippen LogP contribution in [-0.4, -0.2) is 60.9 Å². The average Bonchev–Trinajstić information content (AvgIpc) is 2.80. The van der Waals surface area contributed by atoms with Crippen LogP contribution in [0, 0.1) is 5.41 Å². The quantitative estimate of drug-likeness (QED) is 0.570. The number of hydrogen-bond donors (Lipinski definition) is 3. The first-order chi connectivity index (χ1) is 10.7. The molecule has 0 aliphatic heterocycles. The zero-order chi connectivity index (χ0) is 15.8. The maximum absolute atomic E-state index is 9.88. The van der Waals surface area contributed by atoms with Crippen molar-refractivity contribution in [2.75, 3.05) is 33.5 Å². The molecule has 3 N–H and O–H groups in total. The van der Waals surface area contributed by atoms with E-state index in [4.69, 9.17) is 9.47 Å². The van der Waals surface area contributed by atoms with E-state index in [-0.39, 0.29) is 5.41 Å². The number of rotatable bonds is 9. The van der Waals surface area contributed by atoms with Crippen molar-refractivity contribution in [3.63, 3.8) is 0 Å². The summed E-state index contributed by atoms with van der Waals surface area (Å²) in [6.45, 7) is 2.96. The summed E-state index contributed by atoms with van der Waals surface area (Å²) >= 11 is 0.